The molecule has 26 heavy (non-hydrogen) atoms. The summed E-state index contributed by atoms with van der Waals surface area (Å²) in [6, 6.07) is 5.78. The maximum Gasteiger partial charge on any atom is 0.319 e. The van der Waals surface area contributed by atoms with Gasteiger partial charge in [-0.05, 0) is 44.5 Å². The van der Waals surface area contributed by atoms with Gasteiger partial charge in [-0.1, -0.05) is 6.92 Å². The molecule has 0 atom stereocenters. The molecule has 1 saturated carbocycles. The molecule has 3 N–H and O–H groups in total. The molecule has 0 spiro atoms. The maximum atomic E-state index is 12.2. The van der Waals surface area contributed by atoms with Crippen LogP contribution in [0.2, 0.25) is 0 Å². The number of rotatable bonds is 6. The lowest BCUT2D eigenvalue weighted by molar-refractivity contribution is -0.139. The Morgan fingerprint density at radius 1 is 1.38 bits per heavy atom. The summed E-state index contributed by atoms with van der Waals surface area (Å²) in [5.74, 6) is -0.818. The van der Waals surface area contributed by atoms with Gasteiger partial charge in [-0.25, -0.2) is 4.79 Å². The average Bonchev–Trinajstić information content (AvgIpc) is 2.82. The first-order chi connectivity index (χ1) is 12.4. The fourth-order valence-electron chi connectivity index (χ4n) is 3.55. The number of benzene rings is 1. The molecule has 1 aliphatic rings. The second-order valence-electron chi connectivity index (χ2n) is 6.82. The van der Waals surface area contributed by atoms with Crippen LogP contribution in [0.5, 0.6) is 0 Å². The van der Waals surface area contributed by atoms with Crippen molar-refractivity contribution in [1.82, 2.24) is 20.0 Å². The number of amides is 2. The molecule has 1 heterocycles. The molecule has 0 bridgehead atoms. The van der Waals surface area contributed by atoms with Crippen LogP contribution in [-0.4, -0.2) is 57.0 Å². The lowest BCUT2D eigenvalue weighted by Gasteiger charge is -2.42. The summed E-state index contributed by atoms with van der Waals surface area (Å²) in [5, 5.41) is 20.2. The molecular formula is C18H25N5O3. The summed E-state index contributed by atoms with van der Waals surface area (Å²) in [6.07, 6.45) is 1.54. The Morgan fingerprint density at radius 3 is 2.77 bits per heavy atom. The van der Waals surface area contributed by atoms with Gasteiger partial charge >= 0.3 is 12.0 Å². The molecular weight excluding hydrogens is 334 g/mol. The van der Waals surface area contributed by atoms with Crippen molar-refractivity contribution in [3.05, 3.63) is 23.9 Å². The number of carbonyl (C=O) groups excluding carboxylic acids is 1. The van der Waals surface area contributed by atoms with Gasteiger partial charge in [0.25, 0.3) is 0 Å². The van der Waals surface area contributed by atoms with Gasteiger partial charge in [0.05, 0.1) is 17.8 Å². The van der Waals surface area contributed by atoms with Crippen LogP contribution in [0, 0.1) is 6.92 Å². The summed E-state index contributed by atoms with van der Waals surface area (Å²) in [6.45, 7) is 4.65. The number of carboxylic acids is 1. The zero-order valence-electron chi connectivity index (χ0n) is 15.3. The Bertz CT molecular complexity index is 826. The van der Waals surface area contributed by atoms with Crippen molar-refractivity contribution in [2.45, 2.75) is 38.8 Å². The number of urea groups is 1. The molecule has 3 rings (SSSR count). The van der Waals surface area contributed by atoms with Crippen LogP contribution in [0.25, 0.3) is 10.9 Å². The van der Waals surface area contributed by atoms with E-state index in [0.29, 0.717) is 6.54 Å². The highest BCUT2D eigenvalue weighted by Gasteiger charge is 2.34. The van der Waals surface area contributed by atoms with Gasteiger partial charge in [0.1, 0.15) is 0 Å². The minimum atomic E-state index is -0.818. The number of aryl methyl sites for hydroxylation is 2. The van der Waals surface area contributed by atoms with E-state index in [1.807, 2.05) is 44.0 Å². The van der Waals surface area contributed by atoms with E-state index in [1.165, 1.54) is 0 Å². The minimum absolute atomic E-state index is 0.0458. The number of hydrogen-bond acceptors (Lipinski definition) is 4. The fourth-order valence-corrected chi connectivity index (χ4v) is 3.55. The van der Waals surface area contributed by atoms with E-state index < -0.39 is 5.97 Å². The van der Waals surface area contributed by atoms with Gasteiger partial charge in [-0.15, -0.1) is 0 Å². The molecule has 0 saturated heterocycles. The molecule has 2 amide bonds. The lowest BCUT2D eigenvalue weighted by Crippen LogP contribution is -2.55. The third-order valence-corrected chi connectivity index (χ3v) is 5.00. The Morgan fingerprint density at radius 2 is 2.12 bits per heavy atom. The van der Waals surface area contributed by atoms with Gasteiger partial charge in [0.2, 0.25) is 0 Å². The van der Waals surface area contributed by atoms with E-state index in [9.17, 15) is 9.59 Å². The van der Waals surface area contributed by atoms with Crippen LogP contribution in [0.1, 0.15) is 25.5 Å². The van der Waals surface area contributed by atoms with Crippen molar-refractivity contribution >= 4 is 28.6 Å². The van der Waals surface area contributed by atoms with Crippen molar-refractivity contribution < 1.29 is 14.7 Å². The number of likely N-dealkylation sites (N-methyl/N-ethyl adjacent to an activating group) is 1. The second-order valence-corrected chi connectivity index (χ2v) is 6.82. The molecule has 1 aromatic heterocycles. The van der Waals surface area contributed by atoms with Crippen LogP contribution < -0.4 is 10.6 Å². The number of hydrogen-bond donors (Lipinski definition) is 3. The quantitative estimate of drug-likeness (QED) is 0.732. The first-order valence-electron chi connectivity index (χ1n) is 8.84. The topological polar surface area (TPSA) is 99.5 Å². The molecule has 0 radical (unpaired) electrons. The van der Waals surface area contributed by atoms with E-state index in [-0.39, 0.29) is 24.7 Å². The van der Waals surface area contributed by atoms with Crippen LogP contribution in [0.3, 0.4) is 0 Å². The number of aromatic nitrogens is 2. The number of aliphatic carboxylic acids is 1. The molecule has 0 unspecified atom stereocenters. The molecule has 1 fully saturated rings. The Kier molecular flexibility index (Phi) is 5.13. The molecule has 140 valence electrons. The van der Waals surface area contributed by atoms with E-state index in [0.717, 1.165) is 35.1 Å². The van der Waals surface area contributed by atoms with Crippen LogP contribution >= 0.6 is 0 Å². The van der Waals surface area contributed by atoms with E-state index >= 15 is 0 Å². The van der Waals surface area contributed by atoms with E-state index in [2.05, 4.69) is 15.7 Å². The predicted octanol–water partition coefficient (Wildman–Crippen LogP) is 1.94. The van der Waals surface area contributed by atoms with E-state index in [4.69, 9.17) is 5.11 Å². The third kappa shape index (κ3) is 3.80. The summed E-state index contributed by atoms with van der Waals surface area (Å²) in [7, 11) is 1.88. The number of carboxylic acid groups (broad SMARTS) is 1. The summed E-state index contributed by atoms with van der Waals surface area (Å²) < 4.78 is 1.80. The Labute approximate surface area is 152 Å². The van der Waals surface area contributed by atoms with Gasteiger partial charge in [-0.3, -0.25) is 14.4 Å². The van der Waals surface area contributed by atoms with Gasteiger partial charge in [0.15, 0.2) is 0 Å². The lowest BCUT2D eigenvalue weighted by atomic mass is 9.85. The van der Waals surface area contributed by atoms with Gasteiger partial charge in [-0.2, -0.15) is 5.10 Å². The highest BCUT2D eigenvalue weighted by atomic mass is 16.4. The molecule has 0 aliphatic heterocycles. The normalized spacial score (nSPS) is 19.4. The minimum Gasteiger partial charge on any atom is -0.480 e. The zero-order chi connectivity index (χ0) is 18.8. The summed E-state index contributed by atoms with van der Waals surface area (Å²) in [5.41, 5.74) is 2.65. The first kappa shape index (κ1) is 18.2. The van der Waals surface area contributed by atoms with E-state index in [1.54, 1.807) is 4.68 Å². The van der Waals surface area contributed by atoms with Crippen LogP contribution in [0.15, 0.2) is 18.2 Å². The number of nitrogens with one attached hydrogen (secondary N) is 2. The number of carbonyl (C=O) groups is 2. The standard InChI is InChI=1S/C18H25N5O3/c1-4-23(10-17(24)25)14-7-13(8-14)20-18(26)19-12-5-6-15-11(2)21-22(3)16(15)9-12/h5-6,9,13-14H,4,7-8,10H2,1-3H3,(H,24,25)(H2,19,20,26). The van der Waals surface area contributed by atoms with Crippen LogP contribution in [-0.2, 0) is 11.8 Å². The SMILES string of the molecule is CCN(CC(=O)O)C1CC(NC(=O)Nc2ccc3c(C)nn(C)c3c2)C1. The molecule has 8 heteroatoms. The Hall–Kier alpha value is -2.61. The summed E-state index contributed by atoms with van der Waals surface area (Å²) >= 11 is 0. The van der Waals surface area contributed by atoms with Crippen LogP contribution in [0.4, 0.5) is 10.5 Å². The van der Waals surface area contributed by atoms with Crippen molar-refractivity contribution in [2.24, 2.45) is 7.05 Å². The summed E-state index contributed by atoms with van der Waals surface area (Å²) in [4.78, 5) is 25.0. The zero-order valence-corrected chi connectivity index (χ0v) is 15.3. The smallest absolute Gasteiger partial charge is 0.319 e. The highest BCUT2D eigenvalue weighted by molar-refractivity contribution is 5.93. The highest BCUT2D eigenvalue weighted by Crippen LogP contribution is 2.26. The fraction of sp³-hybridized carbons (Fsp3) is 0.500. The van der Waals surface area contributed by atoms with Crippen molar-refractivity contribution in [3.8, 4) is 0 Å². The largest absolute Gasteiger partial charge is 0.480 e. The van der Waals surface area contributed by atoms with Crippen molar-refractivity contribution in [3.63, 3.8) is 0 Å². The maximum absolute atomic E-state index is 12.2. The molecule has 2 aromatic rings. The predicted molar refractivity (Wildman–Crippen MR) is 99.3 cm³/mol. The third-order valence-electron chi connectivity index (χ3n) is 5.00. The van der Waals surface area contributed by atoms with Crippen molar-refractivity contribution in [2.75, 3.05) is 18.4 Å². The first-order valence-corrected chi connectivity index (χ1v) is 8.84. The number of anilines is 1. The van der Waals surface area contributed by atoms with Crippen molar-refractivity contribution in [1.29, 1.82) is 0 Å². The van der Waals surface area contributed by atoms with Gasteiger partial charge in [0, 0.05) is 30.2 Å². The molecule has 8 nitrogen and oxygen atoms in total. The molecule has 1 aliphatic carbocycles. The van der Waals surface area contributed by atoms with Gasteiger partial charge < -0.3 is 15.7 Å². The number of fused-ring (bicyclic) bond motifs is 1. The average molecular weight is 359 g/mol. The Balaban J connectivity index is 1.52. The molecule has 1 aromatic carbocycles. The second kappa shape index (κ2) is 7.33. The monoisotopic (exact) mass is 359 g/mol. The number of nitrogens with zero attached hydrogens (tertiary/aromatic N) is 3.